The fourth-order valence-electron chi connectivity index (χ4n) is 2.46. The van der Waals surface area contributed by atoms with Gasteiger partial charge in [-0.25, -0.2) is 0 Å². The highest BCUT2D eigenvalue weighted by Gasteiger charge is 2.32. The first kappa shape index (κ1) is 16.7. The zero-order chi connectivity index (χ0) is 15.0. The van der Waals surface area contributed by atoms with Crippen molar-refractivity contribution in [1.29, 1.82) is 0 Å². The molecule has 4 atom stereocenters. The lowest BCUT2D eigenvalue weighted by molar-refractivity contribution is -0.136. The summed E-state index contributed by atoms with van der Waals surface area (Å²) in [5, 5.41) is 28.0. The molecule has 0 aromatic rings. The molecule has 4 heteroatoms. The molecule has 4 nitrogen and oxygen atoms in total. The number of hydrogen-bond donors (Lipinski definition) is 3. The minimum Gasteiger partial charge on any atom is -0.481 e. The molecule has 0 spiro atoms. The van der Waals surface area contributed by atoms with Crippen molar-refractivity contribution in [2.24, 2.45) is 11.8 Å². The van der Waals surface area contributed by atoms with Gasteiger partial charge in [0.05, 0.1) is 18.6 Å². The number of allylic oxidation sites excluding steroid dienone is 1. The number of carbonyl (C=O) groups is 1. The molecule has 1 fully saturated rings. The Morgan fingerprint density at radius 1 is 1.40 bits per heavy atom. The number of rotatable bonds is 6. The second-order valence-corrected chi connectivity index (χ2v) is 5.28. The van der Waals surface area contributed by atoms with Crippen molar-refractivity contribution in [3.8, 4) is 11.8 Å². The van der Waals surface area contributed by atoms with Crippen molar-refractivity contribution in [3.05, 3.63) is 12.2 Å². The first-order chi connectivity index (χ1) is 9.54. The first-order valence-corrected chi connectivity index (χ1v) is 7.26. The molecule has 1 aliphatic carbocycles. The maximum atomic E-state index is 10.4. The molecule has 20 heavy (non-hydrogen) atoms. The number of aliphatic carboxylic acids is 1. The van der Waals surface area contributed by atoms with Crippen LogP contribution < -0.4 is 0 Å². The fourth-order valence-corrected chi connectivity index (χ4v) is 2.46. The Balaban J connectivity index is 2.47. The van der Waals surface area contributed by atoms with Crippen LogP contribution in [0.1, 0.15) is 45.4 Å². The average Bonchev–Trinajstić information content (AvgIpc) is 2.76. The van der Waals surface area contributed by atoms with Crippen molar-refractivity contribution in [2.45, 2.75) is 57.7 Å². The quantitative estimate of drug-likeness (QED) is 0.513. The van der Waals surface area contributed by atoms with Crippen LogP contribution in [0.4, 0.5) is 0 Å². The molecule has 0 heterocycles. The van der Waals surface area contributed by atoms with E-state index in [1.165, 1.54) is 0 Å². The molecule has 0 aliphatic heterocycles. The van der Waals surface area contributed by atoms with Gasteiger partial charge in [0.15, 0.2) is 0 Å². The van der Waals surface area contributed by atoms with Gasteiger partial charge in [-0.1, -0.05) is 19.1 Å². The van der Waals surface area contributed by atoms with Crippen LogP contribution in [0.5, 0.6) is 0 Å². The molecule has 1 saturated carbocycles. The third-order valence-electron chi connectivity index (χ3n) is 3.77. The lowest BCUT2D eigenvalue weighted by Crippen LogP contribution is -2.17. The maximum Gasteiger partial charge on any atom is 0.304 e. The Hall–Kier alpha value is -1.31. The molecular formula is C16H24O4. The van der Waals surface area contributed by atoms with Gasteiger partial charge in [-0.3, -0.25) is 4.79 Å². The van der Waals surface area contributed by atoms with E-state index in [0.29, 0.717) is 19.3 Å². The zero-order valence-electron chi connectivity index (χ0n) is 12.0. The lowest BCUT2D eigenvalue weighted by atomic mass is 9.91. The molecule has 0 amide bonds. The molecule has 0 radical (unpaired) electrons. The van der Waals surface area contributed by atoms with E-state index in [1.807, 2.05) is 13.0 Å². The van der Waals surface area contributed by atoms with E-state index in [1.54, 1.807) is 6.08 Å². The highest BCUT2D eigenvalue weighted by Crippen LogP contribution is 2.35. The van der Waals surface area contributed by atoms with Crippen molar-refractivity contribution in [2.75, 3.05) is 0 Å². The normalized spacial score (nSPS) is 27.2. The Labute approximate surface area is 120 Å². The van der Waals surface area contributed by atoms with E-state index in [-0.39, 0.29) is 24.4 Å². The number of carboxylic acid groups (broad SMARTS) is 1. The Kier molecular flexibility index (Phi) is 7.35. The minimum atomic E-state index is -0.838. The highest BCUT2D eigenvalue weighted by molar-refractivity contribution is 5.66. The van der Waals surface area contributed by atoms with Crippen LogP contribution in [-0.2, 0) is 4.79 Å². The second-order valence-electron chi connectivity index (χ2n) is 5.28. The van der Waals surface area contributed by atoms with Gasteiger partial charge in [-0.15, -0.1) is 11.8 Å². The van der Waals surface area contributed by atoms with Gasteiger partial charge in [0.25, 0.3) is 0 Å². The highest BCUT2D eigenvalue weighted by atomic mass is 16.4. The summed E-state index contributed by atoms with van der Waals surface area (Å²) < 4.78 is 0. The molecule has 3 N–H and O–H groups in total. The summed E-state index contributed by atoms with van der Waals surface area (Å²) in [5.74, 6) is 5.32. The van der Waals surface area contributed by atoms with Crippen molar-refractivity contribution >= 4 is 5.97 Å². The van der Waals surface area contributed by atoms with E-state index >= 15 is 0 Å². The Morgan fingerprint density at radius 3 is 2.80 bits per heavy atom. The van der Waals surface area contributed by atoms with Gasteiger partial charge in [0.2, 0.25) is 0 Å². The lowest BCUT2D eigenvalue weighted by Gasteiger charge is -2.17. The van der Waals surface area contributed by atoms with E-state index in [0.717, 1.165) is 12.8 Å². The standard InChI is InChI=1S/C16H24O4/c1-2-13(17)10-8-12-9-11-15(18)14(12)6-4-3-5-7-16(19)20/h8,10,12-15,17-18H,2,5-7,9,11H2,1H3,(H,19,20)/b10-8+. The zero-order valence-corrected chi connectivity index (χ0v) is 12.0. The van der Waals surface area contributed by atoms with Crippen molar-refractivity contribution in [1.82, 2.24) is 0 Å². The summed E-state index contributed by atoms with van der Waals surface area (Å²) in [4.78, 5) is 10.4. The van der Waals surface area contributed by atoms with E-state index < -0.39 is 12.1 Å². The van der Waals surface area contributed by atoms with Crippen LogP contribution in [-0.4, -0.2) is 33.5 Å². The molecule has 0 aromatic carbocycles. The van der Waals surface area contributed by atoms with Gasteiger partial charge < -0.3 is 15.3 Å². The molecule has 1 aliphatic rings. The van der Waals surface area contributed by atoms with E-state index in [4.69, 9.17) is 5.11 Å². The molecule has 0 aromatic heterocycles. The largest absolute Gasteiger partial charge is 0.481 e. The molecular weight excluding hydrogens is 256 g/mol. The monoisotopic (exact) mass is 280 g/mol. The topological polar surface area (TPSA) is 77.8 Å². The fraction of sp³-hybridized carbons (Fsp3) is 0.688. The number of carboxylic acids is 1. The summed E-state index contributed by atoms with van der Waals surface area (Å²) >= 11 is 0. The van der Waals surface area contributed by atoms with Crippen LogP contribution in [0, 0.1) is 23.7 Å². The third-order valence-corrected chi connectivity index (χ3v) is 3.77. The van der Waals surface area contributed by atoms with Crippen LogP contribution in [0.25, 0.3) is 0 Å². The average molecular weight is 280 g/mol. The first-order valence-electron chi connectivity index (χ1n) is 7.26. The predicted molar refractivity (Wildman–Crippen MR) is 76.9 cm³/mol. The van der Waals surface area contributed by atoms with Gasteiger partial charge in [0, 0.05) is 18.8 Å². The Morgan fingerprint density at radius 2 is 2.15 bits per heavy atom. The third kappa shape index (κ3) is 5.77. The molecule has 0 bridgehead atoms. The van der Waals surface area contributed by atoms with Crippen LogP contribution in [0.3, 0.4) is 0 Å². The van der Waals surface area contributed by atoms with Gasteiger partial charge in [0.1, 0.15) is 0 Å². The van der Waals surface area contributed by atoms with Crippen LogP contribution in [0.15, 0.2) is 12.2 Å². The van der Waals surface area contributed by atoms with Crippen molar-refractivity contribution in [3.63, 3.8) is 0 Å². The SMILES string of the molecule is CCC(O)/C=C/C1CCC(O)C1CC#CCCC(=O)O. The second kappa shape index (κ2) is 8.78. The van der Waals surface area contributed by atoms with Gasteiger partial charge in [-0.2, -0.15) is 0 Å². The van der Waals surface area contributed by atoms with Crippen LogP contribution >= 0.6 is 0 Å². The van der Waals surface area contributed by atoms with Gasteiger partial charge in [-0.05, 0) is 25.2 Å². The summed E-state index contributed by atoms with van der Waals surface area (Å²) in [6, 6.07) is 0. The summed E-state index contributed by atoms with van der Waals surface area (Å²) in [7, 11) is 0. The van der Waals surface area contributed by atoms with Crippen molar-refractivity contribution < 1.29 is 20.1 Å². The number of hydrogen-bond acceptors (Lipinski definition) is 3. The smallest absolute Gasteiger partial charge is 0.304 e. The summed E-state index contributed by atoms with van der Waals surface area (Å²) in [6.07, 6.45) is 6.38. The molecule has 1 rings (SSSR count). The maximum absolute atomic E-state index is 10.4. The van der Waals surface area contributed by atoms with E-state index in [2.05, 4.69) is 11.8 Å². The molecule has 112 valence electrons. The summed E-state index contributed by atoms with van der Waals surface area (Å²) in [6.45, 7) is 1.92. The number of aliphatic hydroxyl groups excluding tert-OH is 2. The van der Waals surface area contributed by atoms with Gasteiger partial charge >= 0.3 is 5.97 Å². The summed E-state index contributed by atoms with van der Waals surface area (Å²) in [5.41, 5.74) is 0. The molecule has 4 unspecified atom stereocenters. The number of aliphatic hydroxyl groups is 2. The Bertz CT molecular complexity index is 391. The minimum absolute atomic E-state index is 0.0617. The molecule has 0 saturated heterocycles. The van der Waals surface area contributed by atoms with E-state index in [9.17, 15) is 15.0 Å². The van der Waals surface area contributed by atoms with Crippen LogP contribution in [0.2, 0.25) is 0 Å². The predicted octanol–water partition coefficient (Wildman–Crippen LogP) is 1.96.